The molecule has 1 fully saturated rings. The van der Waals surface area contributed by atoms with Crippen LogP contribution >= 0.6 is 27.5 Å². The van der Waals surface area contributed by atoms with Gasteiger partial charge in [0.1, 0.15) is 6.67 Å². The molecule has 0 radical (unpaired) electrons. The molecule has 0 aromatic heterocycles. The van der Waals surface area contributed by atoms with Gasteiger partial charge in [0, 0.05) is 35.7 Å². The van der Waals surface area contributed by atoms with E-state index in [2.05, 4.69) is 26.1 Å². The zero-order valence-corrected chi connectivity index (χ0v) is 11.8. The molecule has 1 heterocycles. The fourth-order valence-electron chi connectivity index (χ4n) is 2.14. The smallest absolute Gasteiger partial charge is 0.109 e. The van der Waals surface area contributed by atoms with Crippen LogP contribution in [0.4, 0.5) is 4.39 Å². The Labute approximate surface area is 114 Å². The third kappa shape index (κ3) is 3.19. The van der Waals surface area contributed by atoms with E-state index in [0.29, 0.717) is 5.02 Å². The average Bonchev–Trinajstić information content (AvgIpc) is 2.36. The van der Waals surface area contributed by atoms with Crippen LogP contribution in [0.5, 0.6) is 0 Å². The Morgan fingerprint density at radius 2 is 2.12 bits per heavy atom. The molecule has 0 spiro atoms. The Kier molecular flexibility index (Phi) is 4.79. The number of hydrogen-bond donors (Lipinski definition) is 1. The molecule has 0 unspecified atom stereocenters. The number of nitrogens with one attached hydrogen (secondary N) is 1. The van der Waals surface area contributed by atoms with Crippen LogP contribution in [0.15, 0.2) is 22.7 Å². The van der Waals surface area contributed by atoms with Gasteiger partial charge in [0.15, 0.2) is 0 Å². The van der Waals surface area contributed by atoms with E-state index in [-0.39, 0.29) is 6.04 Å². The van der Waals surface area contributed by atoms with Crippen LogP contribution in [-0.4, -0.2) is 37.8 Å². The lowest BCUT2D eigenvalue weighted by Crippen LogP contribution is -2.45. The van der Waals surface area contributed by atoms with Gasteiger partial charge in [0.05, 0.1) is 6.04 Å². The second-order valence-corrected chi connectivity index (χ2v) is 5.44. The standard InChI is InChI=1S/C12H15BrClFN2/c13-9-1-2-11(14)10(7-9)12(8-15)17-5-3-16-4-6-17/h1-2,7,12,16H,3-6,8H2/t12-/m0/s1. The largest absolute Gasteiger partial charge is 0.314 e. The summed E-state index contributed by atoms with van der Waals surface area (Å²) in [4.78, 5) is 2.14. The van der Waals surface area contributed by atoms with Crippen molar-refractivity contribution in [3.8, 4) is 0 Å². The maximum absolute atomic E-state index is 13.3. The van der Waals surface area contributed by atoms with Crippen molar-refractivity contribution in [2.45, 2.75) is 6.04 Å². The number of benzene rings is 1. The predicted octanol–water partition coefficient (Wildman–Crippen LogP) is 3.02. The van der Waals surface area contributed by atoms with Crippen LogP contribution in [0.3, 0.4) is 0 Å². The minimum absolute atomic E-state index is 0.234. The summed E-state index contributed by atoms with van der Waals surface area (Å²) >= 11 is 9.57. The van der Waals surface area contributed by atoms with Crippen molar-refractivity contribution >= 4 is 27.5 Å². The molecule has 0 saturated carbocycles. The molecule has 17 heavy (non-hydrogen) atoms. The molecule has 5 heteroatoms. The lowest BCUT2D eigenvalue weighted by molar-refractivity contribution is 0.147. The van der Waals surface area contributed by atoms with Crippen molar-refractivity contribution < 1.29 is 4.39 Å². The molecule has 94 valence electrons. The van der Waals surface area contributed by atoms with Crippen molar-refractivity contribution in [1.82, 2.24) is 10.2 Å². The number of piperazine rings is 1. The maximum Gasteiger partial charge on any atom is 0.109 e. The Balaban J connectivity index is 2.24. The van der Waals surface area contributed by atoms with E-state index >= 15 is 0 Å². The Morgan fingerprint density at radius 1 is 1.41 bits per heavy atom. The van der Waals surface area contributed by atoms with E-state index in [1.807, 2.05) is 18.2 Å². The highest BCUT2D eigenvalue weighted by atomic mass is 79.9. The van der Waals surface area contributed by atoms with Crippen LogP contribution in [0.25, 0.3) is 0 Å². The fraction of sp³-hybridized carbons (Fsp3) is 0.500. The molecule has 1 aromatic rings. The normalized spacial score (nSPS) is 19.2. The van der Waals surface area contributed by atoms with Gasteiger partial charge in [-0.1, -0.05) is 27.5 Å². The van der Waals surface area contributed by atoms with Gasteiger partial charge in [0.2, 0.25) is 0 Å². The van der Waals surface area contributed by atoms with Gasteiger partial charge in [-0.25, -0.2) is 4.39 Å². The summed E-state index contributed by atoms with van der Waals surface area (Å²) in [7, 11) is 0. The van der Waals surface area contributed by atoms with Crippen LogP contribution < -0.4 is 5.32 Å². The molecule has 1 aliphatic rings. The zero-order chi connectivity index (χ0) is 12.3. The summed E-state index contributed by atoms with van der Waals surface area (Å²) < 4.78 is 14.2. The van der Waals surface area contributed by atoms with Crippen molar-refractivity contribution in [3.05, 3.63) is 33.3 Å². The minimum atomic E-state index is -0.407. The van der Waals surface area contributed by atoms with E-state index in [9.17, 15) is 4.39 Å². The molecule has 0 amide bonds. The zero-order valence-electron chi connectivity index (χ0n) is 9.43. The summed E-state index contributed by atoms with van der Waals surface area (Å²) in [5.74, 6) is 0. The molecule has 1 atom stereocenters. The molecule has 0 aliphatic carbocycles. The highest BCUT2D eigenvalue weighted by Crippen LogP contribution is 2.30. The fourth-order valence-corrected chi connectivity index (χ4v) is 2.76. The SMILES string of the molecule is FC[C@@H](c1cc(Br)ccc1Cl)N1CCNCC1. The molecule has 1 aliphatic heterocycles. The summed E-state index contributed by atoms with van der Waals surface area (Å²) in [5, 5.41) is 3.90. The predicted molar refractivity (Wildman–Crippen MR) is 72.3 cm³/mol. The first-order chi connectivity index (χ1) is 8.22. The van der Waals surface area contributed by atoms with Crippen LogP contribution in [-0.2, 0) is 0 Å². The van der Waals surface area contributed by atoms with Crippen molar-refractivity contribution in [2.24, 2.45) is 0 Å². The van der Waals surface area contributed by atoms with Crippen LogP contribution in [0.1, 0.15) is 11.6 Å². The maximum atomic E-state index is 13.3. The number of alkyl halides is 1. The van der Waals surface area contributed by atoms with Gasteiger partial charge in [-0.3, -0.25) is 4.90 Å². The topological polar surface area (TPSA) is 15.3 Å². The molecule has 1 aromatic carbocycles. The molecular weight excluding hydrogens is 307 g/mol. The van der Waals surface area contributed by atoms with Crippen molar-refractivity contribution in [1.29, 1.82) is 0 Å². The number of hydrogen-bond acceptors (Lipinski definition) is 2. The van der Waals surface area contributed by atoms with Crippen LogP contribution in [0.2, 0.25) is 5.02 Å². The van der Waals surface area contributed by atoms with Gasteiger partial charge in [-0.15, -0.1) is 0 Å². The van der Waals surface area contributed by atoms with Crippen LogP contribution in [0, 0.1) is 0 Å². The quantitative estimate of drug-likeness (QED) is 0.920. The monoisotopic (exact) mass is 320 g/mol. The van der Waals surface area contributed by atoms with E-state index in [1.54, 1.807) is 0 Å². The second kappa shape index (κ2) is 6.14. The lowest BCUT2D eigenvalue weighted by atomic mass is 10.1. The Morgan fingerprint density at radius 3 is 2.76 bits per heavy atom. The molecule has 2 nitrogen and oxygen atoms in total. The highest BCUT2D eigenvalue weighted by molar-refractivity contribution is 9.10. The number of rotatable bonds is 3. The average molecular weight is 322 g/mol. The van der Waals surface area contributed by atoms with Gasteiger partial charge >= 0.3 is 0 Å². The van der Waals surface area contributed by atoms with E-state index in [1.165, 1.54) is 0 Å². The first kappa shape index (κ1) is 13.3. The first-order valence-corrected chi connectivity index (χ1v) is 6.85. The van der Waals surface area contributed by atoms with E-state index in [0.717, 1.165) is 36.2 Å². The van der Waals surface area contributed by atoms with E-state index in [4.69, 9.17) is 11.6 Å². The number of nitrogens with zero attached hydrogens (tertiary/aromatic N) is 1. The molecule has 0 bridgehead atoms. The third-order valence-corrected chi connectivity index (χ3v) is 3.89. The lowest BCUT2D eigenvalue weighted by Gasteiger charge is -2.34. The van der Waals surface area contributed by atoms with Crippen molar-refractivity contribution in [3.63, 3.8) is 0 Å². The summed E-state index contributed by atoms with van der Waals surface area (Å²) in [6, 6.07) is 5.36. The summed E-state index contributed by atoms with van der Waals surface area (Å²) in [6.45, 7) is 3.12. The highest BCUT2D eigenvalue weighted by Gasteiger charge is 2.24. The first-order valence-electron chi connectivity index (χ1n) is 5.68. The van der Waals surface area contributed by atoms with Gasteiger partial charge in [-0.2, -0.15) is 0 Å². The third-order valence-electron chi connectivity index (χ3n) is 3.06. The minimum Gasteiger partial charge on any atom is -0.314 e. The van der Waals surface area contributed by atoms with E-state index < -0.39 is 6.67 Å². The van der Waals surface area contributed by atoms with Crippen molar-refractivity contribution in [2.75, 3.05) is 32.9 Å². The molecule has 2 rings (SSSR count). The Bertz CT molecular complexity index is 383. The summed E-state index contributed by atoms with van der Waals surface area (Å²) in [5.41, 5.74) is 0.866. The molecule has 1 N–H and O–H groups in total. The molecular formula is C12H15BrClFN2. The Hall–Kier alpha value is -0.160. The summed E-state index contributed by atoms with van der Waals surface area (Å²) in [6.07, 6.45) is 0. The van der Waals surface area contributed by atoms with Gasteiger partial charge in [0.25, 0.3) is 0 Å². The van der Waals surface area contributed by atoms with Gasteiger partial charge in [-0.05, 0) is 23.8 Å². The van der Waals surface area contributed by atoms with Gasteiger partial charge < -0.3 is 5.32 Å². The second-order valence-electron chi connectivity index (χ2n) is 4.12. The number of halogens is 3. The molecule has 1 saturated heterocycles.